The number of nitrogen functional groups attached to an aromatic ring is 1. The van der Waals surface area contributed by atoms with E-state index in [-0.39, 0.29) is 29.4 Å². The molecule has 4 rings (SSSR count). The standard InChI is InChI=1S/C27H22FN5O2S/c1-16-23(32-26(35-16)19-5-2-6-20(28)12-19)15-36-27-22(14-30)24(21(13-29)25(31)33-27)18-9-7-17(8-10-18)4-3-11-34/h2,5-10,12,34H,3-4,11,15H2,1H3,(H2,31,33). The van der Waals surface area contributed by atoms with E-state index in [1.165, 1.54) is 23.9 Å². The molecule has 0 aliphatic carbocycles. The van der Waals surface area contributed by atoms with Gasteiger partial charge in [0.15, 0.2) is 0 Å². The number of pyridine rings is 1. The van der Waals surface area contributed by atoms with E-state index in [9.17, 15) is 14.9 Å². The van der Waals surface area contributed by atoms with Crippen LogP contribution in [0.5, 0.6) is 0 Å². The van der Waals surface area contributed by atoms with Crippen LogP contribution in [0, 0.1) is 35.4 Å². The Kier molecular flexibility index (Phi) is 7.65. The Morgan fingerprint density at radius 3 is 2.47 bits per heavy atom. The summed E-state index contributed by atoms with van der Waals surface area (Å²) in [5.74, 6) is 0.856. The van der Waals surface area contributed by atoms with Gasteiger partial charge in [-0.15, -0.1) is 0 Å². The highest BCUT2D eigenvalue weighted by atomic mass is 32.2. The Morgan fingerprint density at radius 2 is 1.81 bits per heavy atom. The number of hydrogen-bond acceptors (Lipinski definition) is 8. The van der Waals surface area contributed by atoms with Gasteiger partial charge in [0, 0.05) is 23.5 Å². The first-order valence-corrected chi connectivity index (χ1v) is 12.1. The van der Waals surface area contributed by atoms with Crippen molar-refractivity contribution >= 4 is 17.6 Å². The highest BCUT2D eigenvalue weighted by Crippen LogP contribution is 2.37. The van der Waals surface area contributed by atoms with Crippen LogP contribution < -0.4 is 5.73 Å². The number of aliphatic hydroxyl groups is 1. The SMILES string of the molecule is Cc1oc(-c2cccc(F)c2)nc1CSc1nc(N)c(C#N)c(-c2ccc(CCCO)cc2)c1C#N. The van der Waals surface area contributed by atoms with Crippen LogP contribution in [0.4, 0.5) is 10.2 Å². The normalized spacial score (nSPS) is 10.7. The Hall–Kier alpha value is -4.18. The maximum absolute atomic E-state index is 13.6. The molecule has 180 valence electrons. The molecule has 0 bridgehead atoms. The molecule has 4 aromatic rings. The third kappa shape index (κ3) is 5.23. The summed E-state index contributed by atoms with van der Waals surface area (Å²) < 4.78 is 19.3. The smallest absolute Gasteiger partial charge is 0.226 e. The van der Waals surface area contributed by atoms with Gasteiger partial charge in [0.25, 0.3) is 0 Å². The molecule has 0 aliphatic rings. The molecule has 0 fully saturated rings. The van der Waals surface area contributed by atoms with Crippen molar-refractivity contribution in [2.24, 2.45) is 0 Å². The summed E-state index contributed by atoms with van der Waals surface area (Å²) in [5, 5.41) is 29.2. The van der Waals surface area contributed by atoms with Crippen LogP contribution in [0.25, 0.3) is 22.6 Å². The molecule has 0 saturated heterocycles. The van der Waals surface area contributed by atoms with Crippen molar-refractivity contribution < 1.29 is 13.9 Å². The molecule has 7 nitrogen and oxygen atoms in total. The summed E-state index contributed by atoms with van der Waals surface area (Å²) >= 11 is 1.26. The molecule has 0 spiro atoms. The van der Waals surface area contributed by atoms with E-state index in [0.29, 0.717) is 51.2 Å². The third-order valence-corrected chi connectivity index (χ3v) is 6.58. The highest BCUT2D eigenvalue weighted by Gasteiger charge is 2.21. The predicted octanol–water partition coefficient (Wildman–Crippen LogP) is 5.39. The van der Waals surface area contributed by atoms with Gasteiger partial charge in [0.2, 0.25) is 5.89 Å². The third-order valence-electron chi connectivity index (χ3n) is 5.59. The lowest BCUT2D eigenvalue weighted by Crippen LogP contribution is -2.03. The zero-order valence-electron chi connectivity index (χ0n) is 19.5. The van der Waals surface area contributed by atoms with Crippen LogP contribution in [0.1, 0.15) is 34.6 Å². The quantitative estimate of drug-likeness (QED) is 0.308. The number of aromatic nitrogens is 2. The number of nitriles is 2. The molecule has 2 aromatic carbocycles. The fourth-order valence-corrected chi connectivity index (χ4v) is 4.75. The van der Waals surface area contributed by atoms with Crippen molar-refractivity contribution in [1.82, 2.24) is 9.97 Å². The zero-order chi connectivity index (χ0) is 25.7. The minimum atomic E-state index is -0.385. The van der Waals surface area contributed by atoms with Crippen molar-refractivity contribution in [3.05, 3.63) is 82.5 Å². The van der Waals surface area contributed by atoms with E-state index in [4.69, 9.17) is 15.3 Å². The van der Waals surface area contributed by atoms with Crippen LogP contribution >= 0.6 is 11.8 Å². The summed E-state index contributed by atoms with van der Waals surface area (Å²) in [4.78, 5) is 8.84. The van der Waals surface area contributed by atoms with Crippen molar-refractivity contribution in [2.75, 3.05) is 12.3 Å². The number of aryl methyl sites for hydroxylation is 2. The van der Waals surface area contributed by atoms with Crippen LogP contribution in [-0.2, 0) is 12.2 Å². The average Bonchev–Trinajstić information content (AvgIpc) is 3.26. The van der Waals surface area contributed by atoms with Gasteiger partial charge in [-0.25, -0.2) is 14.4 Å². The van der Waals surface area contributed by atoms with Gasteiger partial charge in [-0.2, -0.15) is 10.5 Å². The van der Waals surface area contributed by atoms with Gasteiger partial charge >= 0.3 is 0 Å². The van der Waals surface area contributed by atoms with E-state index < -0.39 is 0 Å². The van der Waals surface area contributed by atoms with Gasteiger partial charge in [-0.1, -0.05) is 42.1 Å². The largest absolute Gasteiger partial charge is 0.441 e. The Balaban J connectivity index is 1.67. The highest BCUT2D eigenvalue weighted by molar-refractivity contribution is 7.98. The van der Waals surface area contributed by atoms with E-state index >= 15 is 0 Å². The molecule has 2 heterocycles. The first-order chi connectivity index (χ1) is 17.4. The fraction of sp³-hybridized carbons (Fsp3) is 0.185. The Morgan fingerprint density at radius 1 is 1.06 bits per heavy atom. The van der Waals surface area contributed by atoms with Gasteiger partial charge in [0.05, 0.1) is 11.3 Å². The second-order valence-corrected chi connectivity index (χ2v) is 8.96. The lowest BCUT2D eigenvalue weighted by Gasteiger charge is -2.13. The summed E-state index contributed by atoms with van der Waals surface area (Å²) in [6.45, 7) is 1.87. The lowest BCUT2D eigenvalue weighted by molar-refractivity contribution is 0.288. The summed E-state index contributed by atoms with van der Waals surface area (Å²) in [6.07, 6.45) is 1.37. The van der Waals surface area contributed by atoms with Crippen molar-refractivity contribution in [3.8, 4) is 34.7 Å². The van der Waals surface area contributed by atoms with Crippen molar-refractivity contribution in [2.45, 2.75) is 30.5 Å². The number of anilines is 1. The number of thioether (sulfide) groups is 1. The molecule has 0 atom stereocenters. The molecular weight excluding hydrogens is 477 g/mol. The summed E-state index contributed by atoms with van der Waals surface area (Å²) in [5.41, 5.74) is 9.82. The number of aliphatic hydroxyl groups excluding tert-OH is 1. The van der Waals surface area contributed by atoms with Crippen LogP contribution in [0.2, 0.25) is 0 Å². The molecule has 0 amide bonds. The summed E-state index contributed by atoms with van der Waals surface area (Å²) in [7, 11) is 0. The number of hydrogen-bond donors (Lipinski definition) is 2. The van der Waals surface area contributed by atoms with Crippen molar-refractivity contribution in [3.63, 3.8) is 0 Å². The van der Waals surface area contributed by atoms with Gasteiger partial charge in [0.1, 0.15) is 40.1 Å². The molecule has 2 aromatic heterocycles. The molecular formula is C27H22FN5O2S. The molecule has 0 aliphatic heterocycles. The Bertz CT molecular complexity index is 1490. The zero-order valence-corrected chi connectivity index (χ0v) is 20.3. The van der Waals surface area contributed by atoms with Crippen LogP contribution in [-0.4, -0.2) is 21.7 Å². The van der Waals surface area contributed by atoms with Crippen LogP contribution in [0.3, 0.4) is 0 Å². The average molecular weight is 500 g/mol. The number of rotatable bonds is 8. The topological polar surface area (TPSA) is 133 Å². The fourth-order valence-electron chi connectivity index (χ4n) is 3.76. The lowest BCUT2D eigenvalue weighted by atomic mass is 9.95. The van der Waals surface area contributed by atoms with E-state index in [0.717, 1.165) is 12.0 Å². The van der Waals surface area contributed by atoms with E-state index in [2.05, 4.69) is 22.1 Å². The molecule has 0 unspecified atom stereocenters. The number of oxazole rings is 1. The molecule has 0 radical (unpaired) electrons. The first kappa shape index (κ1) is 24.9. The van der Waals surface area contributed by atoms with E-state index in [1.54, 1.807) is 19.1 Å². The van der Waals surface area contributed by atoms with Gasteiger partial charge < -0.3 is 15.3 Å². The number of halogens is 1. The molecule has 9 heteroatoms. The van der Waals surface area contributed by atoms with Crippen LogP contribution in [0.15, 0.2) is 58.0 Å². The molecule has 36 heavy (non-hydrogen) atoms. The van der Waals surface area contributed by atoms with Gasteiger partial charge in [-0.05, 0) is 49.1 Å². The predicted molar refractivity (Wildman–Crippen MR) is 135 cm³/mol. The maximum Gasteiger partial charge on any atom is 0.226 e. The minimum absolute atomic E-state index is 0.0377. The monoisotopic (exact) mass is 499 g/mol. The number of nitrogens with two attached hydrogens (primary N) is 1. The Labute approximate surface area is 212 Å². The molecule has 3 N–H and O–H groups in total. The minimum Gasteiger partial charge on any atom is -0.441 e. The second-order valence-electron chi connectivity index (χ2n) is 8.00. The maximum atomic E-state index is 13.6. The second kappa shape index (κ2) is 11.0. The van der Waals surface area contributed by atoms with Gasteiger partial charge in [-0.3, -0.25) is 0 Å². The molecule has 0 saturated carbocycles. The number of benzene rings is 2. The number of nitrogens with zero attached hydrogens (tertiary/aromatic N) is 4. The summed E-state index contributed by atoms with van der Waals surface area (Å²) in [6, 6.07) is 17.8. The van der Waals surface area contributed by atoms with Crippen molar-refractivity contribution in [1.29, 1.82) is 10.5 Å². The first-order valence-electron chi connectivity index (χ1n) is 11.1. The van der Waals surface area contributed by atoms with E-state index in [1.807, 2.05) is 24.3 Å².